The van der Waals surface area contributed by atoms with Gasteiger partial charge in [0.25, 0.3) is 0 Å². The SMILES string of the molecule is CNc1cc(N(C)Cc2ccccc2Cl)ccn1. The van der Waals surface area contributed by atoms with Gasteiger partial charge in [-0.1, -0.05) is 29.8 Å². The first-order chi connectivity index (χ1) is 8.70. The van der Waals surface area contributed by atoms with Gasteiger partial charge in [-0.3, -0.25) is 0 Å². The van der Waals surface area contributed by atoms with E-state index in [0.29, 0.717) is 0 Å². The summed E-state index contributed by atoms with van der Waals surface area (Å²) in [5, 5.41) is 3.83. The average Bonchev–Trinajstić information content (AvgIpc) is 2.41. The quantitative estimate of drug-likeness (QED) is 0.914. The first-order valence-corrected chi connectivity index (χ1v) is 6.17. The number of anilines is 2. The van der Waals surface area contributed by atoms with Crippen LogP contribution in [-0.4, -0.2) is 19.1 Å². The number of nitrogens with one attached hydrogen (secondary N) is 1. The maximum Gasteiger partial charge on any atom is 0.127 e. The molecule has 0 radical (unpaired) electrons. The minimum absolute atomic E-state index is 0.771. The first kappa shape index (κ1) is 12.7. The number of benzene rings is 1. The molecule has 0 spiro atoms. The lowest BCUT2D eigenvalue weighted by molar-refractivity contribution is 0.921. The summed E-state index contributed by atoms with van der Waals surface area (Å²) in [6.07, 6.45) is 1.80. The molecule has 4 heteroatoms. The van der Waals surface area contributed by atoms with Crippen molar-refractivity contribution < 1.29 is 0 Å². The third-order valence-electron chi connectivity index (χ3n) is 2.81. The van der Waals surface area contributed by atoms with Gasteiger partial charge in [0.15, 0.2) is 0 Å². The first-order valence-electron chi connectivity index (χ1n) is 5.79. The van der Waals surface area contributed by atoms with Gasteiger partial charge in [0.05, 0.1) is 0 Å². The molecule has 1 aromatic heterocycles. The summed E-state index contributed by atoms with van der Waals surface area (Å²) in [5.41, 5.74) is 2.22. The maximum atomic E-state index is 6.16. The third-order valence-corrected chi connectivity index (χ3v) is 3.17. The molecule has 2 rings (SSSR count). The second kappa shape index (κ2) is 5.74. The highest BCUT2D eigenvalue weighted by Crippen LogP contribution is 2.21. The molecule has 1 aromatic carbocycles. The summed E-state index contributed by atoms with van der Waals surface area (Å²) in [7, 11) is 3.90. The summed E-state index contributed by atoms with van der Waals surface area (Å²) in [6.45, 7) is 0.771. The van der Waals surface area contributed by atoms with Gasteiger partial charge < -0.3 is 10.2 Å². The summed E-state index contributed by atoms with van der Waals surface area (Å²) >= 11 is 6.16. The van der Waals surface area contributed by atoms with Crippen LogP contribution in [-0.2, 0) is 6.54 Å². The molecule has 18 heavy (non-hydrogen) atoms. The summed E-state index contributed by atoms with van der Waals surface area (Å²) in [5.74, 6) is 0.860. The fourth-order valence-electron chi connectivity index (χ4n) is 1.77. The van der Waals surface area contributed by atoms with Gasteiger partial charge >= 0.3 is 0 Å². The van der Waals surface area contributed by atoms with E-state index < -0.39 is 0 Å². The predicted molar refractivity (Wildman–Crippen MR) is 77.3 cm³/mol. The zero-order valence-electron chi connectivity index (χ0n) is 10.5. The van der Waals surface area contributed by atoms with Gasteiger partial charge in [-0.05, 0) is 17.7 Å². The highest BCUT2D eigenvalue weighted by Gasteiger charge is 2.05. The smallest absolute Gasteiger partial charge is 0.127 e. The largest absolute Gasteiger partial charge is 0.373 e. The normalized spacial score (nSPS) is 10.2. The Hall–Kier alpha value is -1.74. The number of aromatic nitrogens is 1. The van der Waals surface area contributed by atoms with Crippen molar-refractivity contribution in [2.24, 2.45) is 0 Å². The lowest BCUT2D eigenvalue weighted by Crippen LogP contribution is -2.16. The number of hydrogen-bond acceptors (Lipinski definition) is 3. The molecule has 1 N–H and O–H groups in total. The third kappa shape index (κ3) is 2.93. The van der Waals surface area contributed by atoms with Gasteiger partial charge in [0.2, 0.25) is 0 Å². The van der Waals surface area contributed by atoms with E-state index in [4.69, 9.17) is 11.6 Å². The Balaban J connectivity index is 2.16. The zero-order chi connectivity index (χ0) is 13.0. The molecule has 3 nitrogen and oxygen atoms in total. The topological polar surface area (TPSA) is 28.2 Å². The second-order valence-electron chi connectivity index (χ2n) is 4.10. The van der Waals surface area contributed by atoms with Gasteiger partial charge in [0, 0.05) is 43.6 Å². The monoisotopic (exact) mass is 261 g/mol. The van der Waals surface area contributed by atoms with Crippen LogP contribution in [0.4, 0.5) is 11.5 Å². The van der Waals surface area contributed by atoms with Gasteiger partial charge in [0.1, 0.15) is 5.82 Å². The van der Waals surface area contributed by atoms with Crippen molar-refractivity contribution in [3.63, 3.8) is 0 Å². The molecule has 0 aliphatic heterocycles. The fraction of sp³-hybridized carbons (Fsp3) is 0.214. The van der Waals surface area contributed by atoms with Crippen LogP contribution in [0, 0.1) is 0 Å². The number of hydrogen-bond donors (Lipinski definition) is 1. The van der Waals surface area contributed by atoms with Crippen molar-refractivity contribution in [2.75, 3.05) is 24.3 Å². The molecule has 0 fully saturated rings. The van der Waals surface area contributed by atoms with Crippen molar-refractivity contribution in [1.29, 1.82) is 0 Å². The van der Waals surface area contributed by atoms with Crippen LogP contribution in [0.3, 0.4) is 0 Å². The highest BCUT2D eigenvalue weighted by molar-refractivity contribution is 6.31. The predicted octanol–water partition coefficient (Wildman–Crippen LogP) is 3.41. The molecule has 94 valence electrons. The number of pyridine rings is 1. The van der Waals surface area contributed by atoms with Crippen molar-refractivity contribution in [1.82, 2.24) is 4.98 Å². The molecular weight excluding hydrogens is 246 g/mol. The van der Waals surface area contributed by atoms with E-state index in [1.54, 1.807) is 6.20 Å². The minimum atomic E-state index is 0.771. The number of halogens is 1. The van der Waals surface area contributed by atoms with E-state index in [1.807, 2.05) is 50.5 Å². The highest BCUT2D eigenvalue weighted by atomic mass is 35.5. The molecule has 0 aliphatic rings. The Morgan fingerprint density at radius 1 is 1.28 bits per heavy atom. The van der Waals surface area contributed by atoms with E-state index >= 15 is 0 Å². The minimum Gasteiger partial charge on any atom is -0.373 e. The Labute approximate surface area is 112 Å². The molecule has 1 heterocycles. The van der Waals surface area contributed by atoms with Crippen molar-refractivity contribution in [3.05, 3.63) is 53.2 Å². The molecule has 0 saturated heterocycles. The van der Waals surface area contributed by atoms with Gasteiger partial charge in [-0.25, -0.2) is 4.98 Å². The summed E-state index contributed by atoms with van der Waals surface area (Å²) < 4.78 is 0. The summed E-state index contributed by atoms with van der Waals surface area (Å²) in [6, 6.07) is 11.9. The van der Waals surface area contributed by atoms with E-state index in [2.05, 4.69) is 15.2 Å². The summed E-state index contributed by atoms with van der Waals surface area (Å²) in [4.78, 5) is 6.34. The van der Waals surface area contributed by atoms with Crippen LogP contribution in [0.15, 0.2) is 42.6 Å². The molecule has 0 aliphatic carbocycles. The van der Waals surface area contributed by atoms with Crippen molar-refractivity contribution in [3.8, 4) is 0 Å². The van der Waals surface area contributed by atoms with Crippen molar-refractivity contribution in [2.45, 2.75) is 6.54 Å². The van der Waals surface area contributed by atoms with Crippen LogP contribution >= 0.6 is 11.6 Å². The average molecular weight is 262 g/mol. The fourth-order valence-corrected chi connectivity index (χ4v) is 1.96. The molecule has 0 amide bonds. The van der Waals surface area contributed by atoms with Crippen LogP contribution in [0.25, 0.3) is 0 Å². The van der Waals surface area contributed by atoms with E-state index in [9.17, 15) is 0 Å². The van der Waals surface area contributed by atoms with Crippen molar-refractivity contribution >= 4 is 23.1 Å². The van der Waals surface area contributed by atoms with Gasteiger partial charge in [-0.15, -0.1) is 0 Å². The lowest BCUT2D eigenvalue weighted by Gasteiger charge is -2.20. The molecule has 0 atom stereocenters. The van der Waals surface area contributed by atoms with Crippen LogP contribution < -0.4 is 10.2 Å². The van der Waals surface area contributed by atoms with E-state index in [-0.39, 0.29) is 0 Å². The molecule has 0 unspecified atom stereocenters. The lowest BCUT2D eigenvalue weighted by atomic mass is 10.2. The Kier molecular flexibility index (Phi) is 4.05. The molecule has 0 bridgehead atoms. The maximum absolute atomic E-state index is 6.16. The molecular formula is C14H16ClN3. The Bertz CT molecular complexity index is 528. The van der Waals surface area contributed by atoms with Crippen LogP contribution in [0.1, 0.15) is 5.56 Å². The molecule has 2 aromatic rings. The second-order valence-corrected chi connectivity index (χ2v) is 4.50. The standard InChI is InChI=1S/C14H16ClN3/c1-16-14-9-12(7-8-17-14)18(2)10-11-5-3-4-6-13(11)15/h3-9H,10H2,1-2H3,(H,16,17). The Morgan fingerprint density at radius 3 is 2.78 bits per heavy atom. The van der Waals surface area contributed by atoms with Gasteiger partial charge in [-0.2, -0.15) is 0 Å². The van der Waals surface area contributed by atoms with E-state index in [1.165, 1.54) is 0 Å². The van der Waals surface area contributed by atoms with E-state index in [0.717, 1.165) is 28.6 Å². The Morgan fingerprint density at radius 2 is 2.06 bits per heavy atom. The number of nitrogens with zero attached hydrogens (tertiary/aromatic N) is 2. The van der Waals surface area contributed by atoms with Crippen LogP contribution in [0.5, 0.6) is 0 Å². The van der Waals surface area contributed by atoms with Crippen LogP contribution in [0.2, 0.25) is 5.02 Å². The number of rotatable bonds is 4. The molecule has 0 saturated carbocycles. The zero-order valence-corrected chi connectivity index (χ0v) is 11.3.